The zero-order chi connectivity index (χ0) is 16.5. The molecule has 0 aliphatic carbocycles. The molecule has 0 unspecified atom stereocenters. The van der Waals surface area contributed by atoms with Gasteiger partial charge < -0.3 is 15.4 Å². The first-order chi connectivity index (χ1) is 11.2. The van der Waals surface area contributed by atoms with E-state index in [-0.39, 0.29) is 6.03 Å². The minimum Gasteiger partial charge on any atom is -0.497 e. The average Bonchev–Trinajstić information content (AvgIpc) is 2.57. The Balaban J connectivity index is 1.71. The largest absolute Gasteiger partial charge is 0.497 e. The van der Waals surface area contributed by atoms with Gasteiger partial charge in [0, 0.05) is 17.2 Å². The van der Waals surface area contributed by atoms with Crippen molar-refractivity contribution in [3.05, 3.63) is 70.3 Å². The number of ether oxygens (including phenoxy) is 1. The standard InChI is InChI=1S/C18H19BrN2O2/c1-23-16-8-6-14(7-9-16)10-12-20-18(22)21-13-11-15-4-2-3-5-17(15)19/h2-9,11,13H,10,12H2,1H3,(H2,20,21,22)/b13-11+. The summed E-state index contributed by atoms with van der Waals surface area (Å²) in [6.45, 7) is 0.570. The first-order valence-electron chi connectivity index (χ1n) is 7.27. The number of hydrogen-bond acceptors (Lipinski definition) is 2. The van der Waals surface area contributed by atoms with Crippen LogP contribution in [0.4, 0.5) is 4.79 Å². The van der Waals surface area contributed by atoms with Gasteiger partial charge in [0.25, 0.3) is 0 Å². The lowest BCUT2D eigenvalue weighted by Gasteiger charge is -2.06. The number of methoxy groups -OCH3 is 1. The van der Waals surface area contributed by atoms with E-state index in [2.05, 4.69) is 26.6 Å². The summed E-state index contributed by atoms with van der Waals surface area (Å²) in [4.78, 5) is 11.7. The van der Waals surface area contributed by atoms with E-state index in [0.29, 0.717) is 6.54 Å². The molecule has 0 heterocycles. The summed E-state index contributed by atoms with van der Waals surface area (Å²) in [5, 5.41) is 5.51. The normalized spacial score (nSPS) is 10.5. The van der Waals surface area contributed by atoms with E-state index in [9.17, 15) is 4.79 Å². The molecule has 2 N–H and O–H groups in total. The van der Waals surface area contributed by atoms with Gasteiger partial charge in [-0.2, -0.15) is 0 Å². The number of carbonyl (C=O) groups excluding carboxylic acids is 1. The van der Waals surface area contributed by atoms with Gasteiger partial charge in [0.05, 0.1) is 7.11 Å². The molecule has 0 saturated heterocycles. The molecule has 0 radical (unpaired) electrons. The molecule has 4 nitrogen and oxygen atoms in total. The van der Waals surface area contributed by atoms with Gasteiger partial charge in [-0.25, -0.2) is 4.79 Å². The second-order valence-corrected chi connectivity index (χ2v) is 5.71. The Morgan fingerprint density at radius 2 is 1.91 bits per heavy atom. The van der Waals surface area contributed by atoms with Crippen molar-refractivity contribution >= 4 is 28.0 Å². The zero-order valence-corrected chi connectivity index (χ0v) is 14.5. The minimum absolute atomic E-state index is 0.221. The highest BCUT2D eigenvalue weighted by Crippen LogP contribution is 2.16. The molecule has 5 heteroatoms. The van der Waals surface area contributed by atoms with Crippen LogP contribution in [0.1, 0.15) is 11.1 Å². The fraction of sp³-hybridized carbons (Fsp3) is 0.167. The van der Waals surface area contributed by atoms with Gasteiger partial charge in [0.15, 0.2) is 0 Å². The van der Waals surface area contributed by atoms with Crippen molar-refractivity contribution in [3.63, 3.8) is 0 Å². The minimum atomic E-state index is -0.221. The summed E-state index contributed by atoms with van der Waals surface area (Å²) >= 11 is 3.45. The van der Waals surface area contributed by atoms with Gasteiger partial charge in [0.2, 0.25) is 0 Å². The van der Waals surface area contributed by atoms with Crippen LogP contribution in [-0.2, 0) is 6.42 Å². The SMILES string of the molecule is COc1ccc(CCNC(=O)N/C=C/c2ccccc2Br)cc1. The molecule has 0 bridgehead atoms. The van der Waals surface area contributed by atoms with Crippen LogP contribution in [0.25, 0.3) is 6.08 Å². The maximum Gasteiger partial charge on any atom is 0.318 e. The van der Waals surface area contributed by atoms with Crippen molar-refractivity contribution < 1.29 is 9.53 Å². The molecule has 2 aromatic carbocycles. The van der Waals surface area contributed by atoms with Crippen LogP contribution in [0.15, 0.2) is 59.2 Å². The number of benzene rings is 2. The fourth-order valence-corrected chi connectivity index (χ4v) is 2.40. The Morgan fingerprint density at radius 3 is 2.61 bits per heavy atom. The number of carbonyl (C=O) groups is 1. The number of hydrogen-bond donors (Lipinski definition) is 2. The van der Waals surface area contributed by atoms with E-state index in [4.69, 9.17) is 4.74 Å². The van der Waals surface area contributed by atoms with Crippen molar-refractivity contribution in [1.82, 2.24) is 10.6 Å². The first kappa shape index (κ1) is 17.1. The lowest BCUT2D eigenvalue weighted by Crippen LogP contribution is -2.33. The van der Waals surface area contributed by atoms with Gasteiger partial charge in [-0.05, 0) is 41.8 Å². The number of halogens is 1. The highest BCUT2D eigenvalue weighted by Gasteiger charge is 1.99. The number of nitrogens with one attached hydrogen (secondary N) is 2. The molecule has 0 atom stereocenters. The van der Waals surface area contributed by atoms with Crippen molar-refractivity contribution in [2.45, 2.75) is 6.42 Å². The third-order valence-electron chi connectivity index (χ3n) is 3.24. The van der Waals surface area contributed by atoms with E-state index >= 15 is 0 Å². The van der Waals surface area contributed by atoms with Gasteiger partial charge >= 0.3 is 6.03 Å². The van der Waals surface area contributed by atoms with Crippen molar-refractivity contribution in [1.29, 1.82) is 0 Å². The van der Waals surface area contributed by atoms with Crippen LogP contribution in [0.3, 0.4) is 0 Å². The Morgan fingerprint density at radius 1 is 1.17 bits per heavy atom. The molecule has 23 heavy (non-hydrogen) atoms. The average molecular weight is 375 g/mol. The van der Waals surface area contributed by atoms with E-state index in [1.54, 1.807) is 13.3 Å². The lowest BCUT2D eigenvalue weighted by atomic mass is 10.1. The molecule has 2 rings (SSSR count). The van der Waals surface area contributed by atoms with E-state index in [1.165, 1.54) is 0 Å². The van der Waals surface area contributed by atoms with Crippen LogP contribution in [0.2, 0.25) is 0 Å². The molecular formula is C18H19BrN2O2. The monoisotopic (exact) mass is 374 g/mol. The van der Waals surface area contributed by atoms with Gasteiger partial charge in [-0.1, -0.05) is 46.3 Å². The molecule has 0 aliphatic rings. The molecule has 120 valence electrons. The number of urea groups is 1. The molecule has 0 aliphatic heterocycles. The molecule has 0 aromatic heterocycles. The smallest absolute Gasteiger partial charge is 0.318 e. The first-order valence-corrected chi connectivity index (χ1v) is 8.06. The Hall–Kier alpha value is -2.27. The van der Waals surface area contributed by atoms with E-state index in [1.807, 2.05) is 54.6 Å². The summed E-state index contributed by atoms with van der Waals surface area (Å²) in [5.41, 5.74) is 2.15. The molecule has 0 saturated carbocycles. The summed E-state index contributed by atoms with van der Waals surface area (Å²) in [5.74, 6) is 0.830. The summed E-state index contributed by atoms with van der Waals surface area (Å²) in [7, 11) is 1.64. The van der Waals surface area contributed by atoms with Gasteiger partial charge in [-0.15, -0.1) is 0 Å². The fourth-order valence-electron chi connectivity index (χ4n) is 1.98. The van der Waals surface area contributed by atoms with Crippen LogP contribution >= 0.6 is 15.9 Å². The quantitative estimate of drug-likeness (QED) is 0.803. The molecule has 2 aromatic rings. The third-order valence-corrected chi connectivity index (χ3v) is 3.96. The van der Waals surface area contributed by atoms with Crippen molar-refractivity contribution in [3.8, 4) is 5.75 Å². The van der Waals surface area contributed by atoms with Crippen LogP contribution in [0.5, 0.6) is 5.75 Å². The Labute approximate surface area is 144 Å². The Kier molecular flexibility index (Phi) is 6.69. The van der Waals surface area contributed by atoms with Gasteiger partial charge in [0.1, 0.15) is 5.75 Å². The van der Waals surface area contributed by atoms with E-state index < -0.39 is 0 Å². The van der Waals surface area contributed by atoms with Crippen LogP contribution in [-0.4, -0.2) is 19.7 Å². The van der Waals surface area contributed by atoms with Crippen molar-refractivity contribution in [2.24, 2.45) is 0 Å². The predicted molar refractivity (Wildman–Crippen MR) is 96.4 cm³/mol. The van der Waals surface area contributed by atoms with E-state index in [0.717, 1.165) is 27.8 Å². The van der Waals surface area contributed by atoms with Crippen LogP contribution < -0.4 is 15.4 Å². The third kappa shape index (κ3) is 5.79. The topological polar surface area (TPSA) is 50.4 Å². The van der Waals surface area contributed by atoms with Gasteiger partial charge in [-0.3, -0.25) is 0 Å². The number of amides is 2. The second kappa shape index (κ2) is 9.00. The highest BCUT2D eigenvalue weighted by molar-refractivity contribution is 9.10. The summed E-state index contributed by atoms with van der Waals surface area (Å²) in [6, 6.07) is 15.4. The maximum atomic E-state index is 11.7. The molecule has 2 amide bonds. The summed E-state index contributed by atoms with van der Waals surface area (Å²) < 4.78 is 6.09. The molecule has 0 fully saturated rings. The van der Waals surface area contributed by atoms with Crippen LogP contribution in [0, 0.1) is 0 Å². The second-order valence-electron chi connectivity index (χ2n) is 4.85. The molecular weight excluding hydrogens is 356 g/mol. The zero-order valence-electron chi connectivity index (χ0n) is 12.9. The highest BCUT2D eigenvalue weighted by atomic mass is 79.9. The Bertz CT molecular complexity index is 669. The molecule has 0 spiro atoms. The lowest BCUT2D eigenvalue weighted by molar-refractivity contribution is 0.244. The predicted octanol–water partition coefficient (Wildman–Crippen LogP) is 3.97. The number of rotatable bonds is 6. The summed E-state index contributed by atoms with van der Waals surface area (Å²) in [6.07, 6.45) is 4.24. The maximum absolute atomic E-state index is 11.7. The van der Waals surface area contributed by atoms with Crippen molar-refractivity contribution in [2.75, 3.05) is 13.7 Å².